The number of pyridine rings is 1. The Balaban J connectivity index is 2.40. The van der Waals surface area contributed by atoms with Crippen molar-refractivity contribution in [2.24, 2.45) is 0 Å². The normalized spacial score (nSPS) is 10.2. The Hall–Kier alpha value is -2.08. The molecule has 0 unspecified atom stereocenters. The van der Waals surface area contributed by atoms with Crippen molar-refractivity contribution in [2.75, 3.05) is 5.73 Å². The summed E-state index contributed by atoms with van der Waals surface area (Å²) in [6.07, 6.45) is 1.35. The molecule has 98 valence electrons. The maximum absolute atomic E-state index is 11.1. The molecule has 0 fully saturated rings. The van der Waals surface area contributed by atoms with E-state index in [9.17, 15) is 4.79 Å². The van der Waals surface area contributed by atoms with Gasteiger partial charge in [0, 0.05) is 0 Å². The molecule has 0 aliphatic rings. The third-order valence-corrected chi connectivity index (χ3v) is 3.02. The summed E-state index contributed by atoms with van der Waals surface area (Å²) < 4.78 is 6.24. The van der Waals surface area contributed by atoms with Gasteiger partial charge in [0.2, 0.25) is 5.88 Å². The Morgan fingerprint density at radius 2 is 2.16 bits per heavy atom. The standard InChI is InChI=1S/C13H11BrN2O3/c1-7-2-3-11(10(14)4-7)19-12-9(13(17)18)5-8(15)6-16-12/h2-6H,15H2,1H3,(H,17,18). The van der Waals surface area contributed by atoms with Crippen LogP contribution in [-0.4, -0.2) is 16.1 Å². The fourth-order valence-corrected chi connectivity index (χ4v) is 2.07. The van der Waals surface area contributed by atoms with Crippen LogP contribution in [0.15, 0.2) is 34.9 Å². The lowest BCUT2D eigenvalue weighted by molar-refractivity contribution is 0.0693. The molecule has 0 amide bonds. The van der Waals surface area contributed by atoms with Crippen LogP contribution in [0.25, 0.3) is 0 Å². The first-order valence-corrected chi connectivity index (χ1v) is 6.19. The summed E-state index contributed by atoms with van der Waals surface area (Å²) in [6, 6.07) is 6.78. The summed E-state index contributed by atoms with van der Waals surface area (Å²) in [5, 5.41) is 9.09. The van der Waals surface area contributed by atoms with E-state index in [4.69, 9.17) is 15.6 Å². The number of nitrogens with zero attached hydrogens (tertiary/aromatic N) is 1. The number of nitrogen functional groups attached to an aromatic ring is 1. The second-order valence-corrected chi connectivity index (χ2v) is 4.82. The highest BCUT2D eigenvalue weighted by atomic mass is 79.9. The summed E-state index contributed by atoms with van der Waals surface area (Å²) >= 11 is 3.36. The van der Waals surface area contributed by atoms with E-state index in [1.54, 1.807) is 6.07 Å². The van der Waals surface area contributed by atoms with Crippen molar-refractivity contribution in [3.8, 4) is 11.6 Å². The van der Waals surface area contributed by atoms with Crippen LogP contribution in [0.3, 0.4) is 0 Å². The maximum atomic E-state index is 11.1. The third-order valence-electron chi connectivity index (χ3n) is 2.40. The lowest BCUT2D eigenvalue weighted by Gasteiger charge is -2.10. The van der Waals surface area contributed by atoms with Crippen molar-refractivity contribution < 1.29 is 14.6 Å². The van der Waals surface area contributed by atoms with E-state index >= 15 is 0 Å². The van der Waals surface area contributed by atoms with Crippen LogP contribution in [0.1, 0.15) is 15.9 Å². The molecule has 0 saturated heterocycles. The fourth-order valence-electron chi connectivity index (χ4n) is 1.50. The van der Waals surface area contributed by atoms with Crippen LogP contribution in [0.5, 0.6) is 11.6 Å². The lowest BCUT2D eigenvalue weighted by atomic mass is 10.2. The summed E-state index contributed by atoms with van der Waals surface area (Å²) in [6.45, 7) is 1.94. The minimum Gasteiger partial charge on any atom is -0.477 e. The first kappa shape index (κ1) is 13.4. The molecule has 5 nitrogen and oxygen atoms in total. The molecule has 1 heterocycles. The quantitative estimate of drug-likeness (QED) is 0.906. The zero-order chi connectivity index (χ0) is 14.0. The Kier molecular flexibility index (Phi) is 3.71. The van der Waals surface area contributed by atoms with Gasteiger partial charge in [0.15, 0.2) is 0 Å². The van der Waals surface area contributed by atoms with Crippen molar-refractivity contribution in [2.45, 2.75) is 6.92 Å². The summed E-state index contributed by atoms with van der Waals surface area (Å²) in [7, 11) is 0. The Morgan fingerprint density at radius 3 is 2.79 bits per heavy atom. The van der Waals surface area contributed by atoms with Gasteiger partial charge in [-0.2, -0.15) is 0 Å². The van der Waals surface area contributed by atoms with E-state index < -0.39 is 5.97 Å². The second kappa shape index (κ2) is 5.27. The fraction of sp³-hybridized carbons (Fsp3) is 0.0769. The molecule has 2 aromatic rings. The number of aryl methyl sites for hydroxylation is 1. The molecule has 0 aliphatic carbocycles. The summed E-state index contributed by atoms with van der Waals surface area (Å²) in [5.41, 5.74) is 6.77. The first-order chi connectivity index (χ1) is 8.97. The molecular formula is C13H11BrN2O3. The number of ether oxygens (including phenoxy) is 1. The molecule has 0 aliphatic heterocycles. The number of carboxylic acids is 1. The molecule has 1 aromatic heterocycles. The van der Waals surface area contributed by atoms with E-state index in [0.717, 1.165) is 10.0 Å². The summed E-state index contributed by atoms with van der Waals surface area (Å²) in [4.78, 5) is 15.0. The third kappa shape index (κ3) is 3.03. The Bertz CT molecular complexity index is 644. The highest BCUT2D eigenvalue weighted by Crippen LogP contribution is 2.31. The van der Waals surface area contributed by atoms with Crippen molar-refractivity contribution >= 4 is 27.6 Å². The van der Waals surface area contributed by atoms with Gasteiger partial charge < -0.3 is 15.6 Å². The molecule has 6 heteroatoms. The molecule has 0 spiro atoms. The summed E-state index contributed by atoms with van der Waals surface area (Å²) in [5.74, 6) is -0.644. The SMILES string of the molecule is Cc1ccc(Oc2ncc(N)cc2C(=O)O)c(Br)c1. The van der Waals surface area contributed by atoms with Gasteiger partial charge in [-0.1, -0.05) is 6.07 Å². The highest BCUT2D eigenvalue weighted by Gasteiger charge is 2.15. The van der Waals surface area contributed by atoms with Crippen LogP contribution in [0.2, 0.25) is 0 Å². The van der Waals surface area contributed by atoms with E-state index in [1.807, 2.05) is 19.1 Å². The lowest BCUT2D eigenvalue weighted by Crippen LogP contribution is -2.03. The van der Waals surface area contributed by atoms with Gasteiger partial charge in [0.05, 0.1) is 16.4 Å². The molecule has 1 aromatic carbocycles. The maximum Gasteiger partial charge on any atom is 0.341 e. The number of anilines is 1. The Morgan fingerprint density at radius 1 is 1.42 bits per heavy atom. The smallest absolute Gasteiger partial charge is 0.341 e. The van der Waals surface area contributed by atoms with Gasteiger partial charge in [-0.05, 0) is 46.6 Å². The number of hydrogen-bond donors (Lipinski definition) is 2. The number of carboxylic acid groups (broad SMARTS) is 1. The molecule has 3 N–H and O–H groups in total. The van der Waals surface area contributed by atoms with Crippen molar-refractivity contribution in [1.29, 1.82) is 0 Å². The molecule has 0 atom stereocenters. The first-order valence-electron chi connectivity index (χ1n) is 5.40. The molecule has 0 bridgehead atoms. The molecule has 0 radical (unpaired) electrons. The number of rotatable bonds is 3. The van der Waals surface area contributed by atoms with Gasteiger partial charge in [-0.3, -0.25) is 0 Å². The minimum atomic E-state index is -1.14. The average molecular weight is 323 g/mol. The average Bonchev–Trinajstić information content (AvgIpc) is 2.34. The number of aromatic nitrogens is 1. The van der Waals surface area contributed by atoms with E-state index in [0.29, 0.717) is 5.75 Å². The van der Waals surface area contributed by atoms with E-state index in [1.165, 1.54) is 12.3 Å². The van der Waals surface area contributed by atoms with E-state index in [2.05, 4.69) is 20.9 Å². The largest absolute Gasteiger partial charge is 0.477 e. The molecule has 2 rings (SSSR count). The molecular weight excluding hydrogens is 312 g/mol. The number of carbonyl (C=O) groups is 1. The van der Waals surface area contributed by atoms with Crippen LogP contribution in [-0.2, 0) is 0 Å². The number of halogens is 1. The van der Waals surface area contributed by atoms with Crippen molar-refractivity contribution in [1.82, 2.24) is 4.98 Å². The predicted molar refractivity (Wildman–Crippen MR) is 74.6 cm³/mol. The minimum absolute atomic E-state index is 0.00579. The van der Waals surface area contributed by atoms with Gasteiger partial charge in [0.1, 0.15) is 11.3 Å². The predicted octanol–water partition coefficient (Wildman–Crippen LogP) is 3.23. The number of benzene rings is 1. The number of nitrogens with two attached hydrogens (primary N) is 1. The van der Waals surface area contributed by atoms with E-state index in [-0.39, 0.29) is 17.1 Å². The van der Waals surface area contributed by atoms with Gasteiger partial charge >= 0.3 is 5.97 Å². The van der Waals surface area contributed by atoms with Crippen LogP contribution < -0.4 is 10.5 Å². The molecule has 19 heavy (non-hydrogen) atoms. The van der Waals surface area contributed by atoms with Gasteiger partial charge in [-0.15, -0.1) is 0 Å². The van der Waals surface area contributed by atoms with Gasteiger partial charge in [0.25, 0.3) is 0 Å². The van der Waals surface area contributed by atoms with Crippen LogP contribution in [0, 0.1) is 6.92 Å². The second-order valence-electron chi connectivity index (χ2n) is 3.96. The van der Waals surface area contributed by atoms with Gasteiger partial charge in [-0.25, -0.2) is 9.78 Å². The van der Waals surface area contributed by atoms with Crippen LogP contribution in [0.4, 0.5) is 5.69 Å². The van der Waals surface area contributed by atoms with Crippen LogP contribution >= 0.6 is 15.9 Å². The topological polar surface area (TPSA) is 85.4 Å². The van der Waals surface area contributed by atoms with Crippen molar-refractivity contribution in [3.63, 3.8) is 0 Å². The highest BCUT2D eigenvalue weighted by molar-refractivity contribution is 9.10. The molecule has 0 saturated carbocycles. The Labute approximate surface area is 118 Å². The van der Waals surface area contributed by atoms with Crippen molar-refractivity contribution in [3.05, 3.63) is 46.1 Å². The zero-order valence-electron chi connectivity index (χ0n) is 10.1. The zero-order valence-corrected chi connectivity index (χ0v) is 11.6. The monoisotopic (exact) mass is 322 g/mol. The number of aromatic carboxylic acids is 1. The number of hydrogen-bond acceptors (Lipinski definition) is 4.